The van der Waals surface area contributed by atoms with Crippen molar-refractivity contribution < 1.29 is 4.57 Å². The Morgan fingerprint density at radius 1 is 0.591 bits per heavy atom. The zero-order valence-electron chi connectivity index (χ0n) is 23.4. The first-order chi connectivity index (χ1) is 21.7. The van der Waals surface area contributed by atoms with Gasteiger partial charge in [0.25, 0.3) is 0 Å². The molecule has 0 radical (unpaired) electrons. The Balaban J connectivity index is 1.22. The Morgan fingerprint density at radius 3 is 2.07 bits per heavy atom. The summed E-state index contributed by atoms with van der Waals surface area (Å²) in [7, 11) is -3.18. The number of nitrogens with zero attached hydrogens (tertiary/aromatic N) is 4. The number of fused-ring (bicyclic) bond motifs is 16. The topological polar surface area (TPSA) is 43.1 Å². The average Bonchev–Trinajstić information content (AvgIpc) is 3.77. The molecule has 0 fully saturated rings. The molecule has 2 aromatic heterocycles. The molecule has 0 amide bonds. The molecule has 1 unspecified atom stereocenters. The molecule has 5 nitrogen and oxygen atoms in total. The van der Waals surface area contributed by atoms with Crippen molar-refractivity contribution in [2.45, 2.75) is 0 Å². The highest BCUT2D eigenvalue weighted by Crippen LogP contribution is 2.66. The fraction of sp³-hybridized carbons (Fsp3) is 0. The lowest BCUT2D eigenvalue weighted by Gasteiger charge is -2.35. The lowest BCUT2D eigenvalue weighted by molar-refractivity contribution is 0.594. The van der Waals surface area contributed by atoms with Gasteiger partial charge in [0.2, 0.25) is 0 Å². The summed E-state index contributed by atoms with van der Waals surface area (Å²) in [4.78, 5) is 7.43. The van der Waals surface area contributed by atoms with Crippen molar-refractivity contribution in [1.82, 2.24) is 14.0 Å². The second-order valence-corrected chi connectivity index (χ2v) is 14.6. The molecule has 0 N–H and O–H groups in total. The van der Waals surface area contributed by atoms with Gasteiger partial charge in [-0.15, -0.1) is 0 Å². The normalized spacial score (nSPS) is 17.2. The van der Waals surface area contributed by atoms with Gasteiger partial charge in [-0.05, 0) is 71.8 Å². The molecule has 5 heterocycles. The standard InChI is InChI=1S/C37H22BN4OP/c43-44-35-21-20-23(40-30-15-5-1-10-24(30)25-11-2-6-16-31(25)40)22-28(35)26-13-9-19-34(36(26)44)41-32-17-7-3-12-27(32)37-39-29-14-4-8-18-33(29)42(37)38(41)44/h1-22H. The molecule has 204 valence electrons. The number of aromatic nitrogens is 3. The van der Waals surface area contributed by atoms with Crippen molar-refractivity contribution >= 4 is 68.5 Å². The molecule has 1 atom stereocenters. The number of hydrogen-bond donors (Lipinski definition) is 0. The van der Waals surface area contributed by atoms with Gasteiger partial charge in [-0.2, -0.15) is 0 Å². The van der Waals surface area contributed by atoms with Gasteiger partial charge in [-0.25, -0.2) is 4.98 Å². The van der Waals surface area contributed by atoms with Gasteiger partial charge in [0, 0.05) is 44.0 Å². The fourth-order valence-corrected chi connectivity index (χ4v) is 12.0. The number of anilines is 2. The minimum atomic E-state index is -3.18. The summed E-state index contributed by atoms with van der Waals surface area (Å²) in [6.45, 7) is -0.420. The van der Waals surface area contributed by atoms with Gasteiger partial charge in [-0.1, -0.05) is 72.8 Å². The largest absolute Gasteiger partial charge is 0.466 e. The molecule has 0 aliphatic carbocycles. The summed E-state index contributed by atoms with van der Waals surface area (Å²) < 4.78 is 20.7. The molecule has 3 aliphatic rings. The predicted octanol–water partition coefficient (Wildman–Crippen LogP) is 8.09. The molecule has 0 spiro atoms. The van der Waals surface area contributed by atoms with E-state index < -0.39 is 13.7 Å². The molecular formula is C37H22BN4OP. The third-order valence-electron chi connectivity index (χ3n) is 9.86. The van der Waals surface area contributed by atoms with Crippen LogP contribution in [0.4, 0.5) is 11.4 Å². The predicted molar refractivity (Wildman–Crippen MR) is 182 cm³/mol. The van der Waals surface area contributed by atoms with Crippen LogP contribution in [-0.2, 0) is 4.57 Å². The smallest absolute Gasteiger partial charge is 0.358 e. The maximum atomic E-state index is 16.1. The average molecular weight is 580 g/mol. The Hall–Kier alpha value is -5.32. The monoisotopic (exact) mass is 580 g/mol. The van der Waals surface area contributed by atoms with Crippen molar-refractivity contribution in [2.75, 3.05) is 4.81 Å². The molecule has 8 aromatic rings. The molecule has 11 rings (SSSR count). The lowest BCUT2D eigenvalue weighted by Crippen LogP contribution is -2.44. The third-order valence-corrected chi connectivity index (χ3v) is 13.2. The summed E-state index contributed by atoms with van der Waals surface area (Å²) in [5.74, 6) is 0.878. The first-order valence-corrected chi connectivity index (χ1v) is 16.7. The lowest BCUT2D eigenvalue weighted by atomic mass is 9.92. The van der Waals surface area contributed by atoms with Gasteiger partial charge in [0.15, 0.2) is 7.02 Å². The van der Waals surface area contributed by atoms with Crippen molar-refractivity contribution in [2.24, 2.45) is 0 Å². The first kappa shape index (κ1) is 23.2. The van der Waals surface area contributed by atoms with E-state index in [1.807, 2.05) is 12.1 Å². The quantitative estimate of drug-likeness (QED) is 0.146. The van der Waals surface area contributed by atoms with Gasteiger partial charge in [0.05, 0.1) is 22.1 Å². The number of hydrogen-bond acceptors (Lipinski definition) is 3. The highest BCUT2D eigenvalue weighted by molar-refractivity contribution is 8.07. The van der Waals surface area contributed by atoms with E-state index in [0.29, 0.717) is 0 Å². The first-order valence-electron chi connectivity index (χ1n) is 15.0. The minimum absolute atomic E-state index is 0.420. The van der Waals surface area contributed by atoms with E-state index in [2.05, 4.69) is 135 Å². The Labute approximate surface area is 253 Å². The Bertz CT molecular complexity index is 2580. The second kappa shape index (κ2) is 7.79. The van der Waals surface area contributed by atoms with Crippen LogP contribution in [0, 0.1) is 0 Å². The highest BCUT2D eigenvalue weighted by atomic mass is 31.2. The van der Waals surface area contributed by atoms with Crippen LogP contribution < -0.4 is 15.4 Å². The molecule has 44 heavy (non-hydrogen) atoms. The van der Waals surface area contributed by atoms with E-state index in [4.69, 9.17) is 4.98 Å². The van der Waals surface area contributed by atoms with E-state index in [-0.39, 0.29) is 0 Å². The SMILES string of the molecule is O=P12B3N(c4ccccc4-c4nc5ccccc5n43)c3cccc(c31)-c1cc(-n3c4ccccc4c4ccccc43)ccc12. The van der Waals surface area contributed by atoms with Gasteiger partial charge in [-0.3, -0.25) is 0 Å². The summed E-state index contributed by atoms with van der Waals surface area (Å²) in [6.07, 6.45) is 0. The Kier molecular flexibility index (Phi) is 4.10. The fourth-order valence-electron chi connectivity index (χ4n) is 8.18. The second-order valence-electron chi connectivity index (χ2n) is 11.9. The van der Waals surface area contributed by atoms with Crippen LogP contribution in [0.1, 0.15) is 0 Å². The van der Waals surface area contributed by atoms with Gasteiger partial charge in [0.1, 0.15) is 5.82 Å². The van der Waals surface area contributed by atoms with Crippen LogP contribution in [0.15, 0.2) is 133 Å². The van der Waals surface area contributed by atoms with E-state index in [1.54, 1.807) is 0 Å². The maximum absolute atomic E-state index is 16.1. The molecule has 0 saturated carbocycles. The number of benzene rings is 6. The summed E-state index contributed by atoms with van der Waals surface area (Å²) in [5, 5.41) is 4.36. The molecule has 3 aliphatic heterocycles. The Morgan fingerprint density at radius 2 is 1.25 bits per heavy atom. The molecule has 6 aromatic carbocycles. The van der Waals surface area contributed by atoms with Gasteiger partial charge >= 0.3 is 6.70 Å². The van der Waals surface area contributed by atoms with Crippen molar-refractivity contribution in [3.05, 3.63) is 133 Å². The minimum Gasteiger partial charge on any atom is -0.358 e. The van der Waals surface area contributed by atoms with E-state index >= 15 is 4.57 Å². The summed E-state index contributed by atoms with van der Waals surface area (Å²) >= 11 is 0. The highest BCUT2D eigenvalue weighted by Gasteiger charge is 2.62. The summed E-state index contributed by atoms with van der Waals surface area (Å²) in [6, 6.07) is 46.8. The number of rotatable bonds is 1. The van der Waals surface area contributed by atoms with E-state index in [1.165, 1.54) is 21.8 Å². The zero-order valence-corrected chi connectivity index (χ0v) is 24.3. The summed E-state index contributed by atoms with van der Waals surface area (Å²) in [5.41, 5.74) is 10.6. The van der Waals surface area contributed by atoms with Gasteiger partial charge < -0.3 is 18.4 Å². The molecular weight excluding hydrogens is 558 g/mol. The van der Waals surface area contributed by atoms with Crippen molar-refractivity contribution in [1.29, 1.82) is 0 Å². The molecule has 0 saturated heterocycles. The van der Waals surface area contributed by atoms with E-state index in [9.17, 15) is 0 Å². The van der Waals surface area contributed by atoms with Crippen molar-refractivity contribution in [3.8, 4) is 28.2 Å². The zero-order chi connectivity index (χ0) is 28.7. The van der Waals surface area contributed by atoms with Crippen LogP contribution in [0.25, 0.3) is 61.0 Å². The number of para-hydroxylation sites is 5. The van der Waals surface area contributed by atoms with Crippen LogP contribution in [0.3, 0.4) is 0 Å². The molecule has 7 heteroatoms. The maximum Gasteiger partial charge on any atom is 0.466 e. The number of imidazole rings is 1. The van der Waals surface area contributed by atoms with Crippen molar-refractivity contribution in [3.63, 3.8) is 0 Å². The van der Waals surface area contributed by atoms with Crippen LogP contribution in [0.2, 0.25) is 0 Å². The third kappa shape index (κ3) is 2.54. The molecule has 0 bridgehead atoms. The van der Waals surface area contributed by atoms with Crippen LogP contribution in [-0.4, -0.2) is 20.7 Å². The van der Waals surface area contributed by atoms with E-state index in [0.717, 1.165) is 61.2 Å². The van der Waals surface area contributed by atoms with Crippen LogP contribution in [0.5, 0.6) is 0 Å². The van der Waals surface area contributed by atoms with Crippen LogP contribution >= 0.6 is 7.02 Å².